The van der Waals surface area contributed by atoms with Crippen LogP contribution in [0.3, 0.4) is 0 Å². The zero-order valence-corrected chi connectivity index (χ0v) is 14.5. The summed E-state index contributed by atoms with van der Waals surface area (Å²) in [5, 5.41) is 2.48. The largest absolute Gasteiger partial charge is 0.358 e. The predicted molar refractivity (Wildman–Crippen MR) is 92.9 cm³/mol. The fourth-order valence-corrected chi connectivity index (χ4v) is 2.33. The van der Waals surface area contributed by atoms with Crippen molar-refractivity contribution < 1.29 is 9.59 Å². The Morgan fingerprint density at radius 1 is 1.32 bits per heavy atom. The average molecular weight is 343 g/mol. The lowest BCUT2D eigenvalue weighted by atomic mass is 10.1. The third-order valence-electron chi connectivity index (χ3n) is 3.81. The van der Waals surface area contributed by atoms with Gasteiger partial charge in [-0.05, 0) is 26.0 Å². The number of H-pyrrole nitrogens is 1. The molecule has 0 fully saturated rings. The lowest BCUT2D eigenvalue weighted by Gasteiger charge is -2.20. The number of nitrogens with one attached hydrogen (secondary N) is 2. The number of aryl methyl sites for hydroxylation is 1. The second-order valence-electron chi connectivity index (χ2n) is 5.45. The highest BCUT2D eigenvalue weighted by Gasteiger charge is 2.19. The molecule has 0 atom stereocenters. The first kappa shape index (κ1) is 18.3. The summed E-state index contributed by atoms with van der Waals surface area (Å²) >= 11 is 0. The number of pyridine rings is 1. The molecule has 0 aliphatic rings. The third kappa shape index (κ3) is 4.50. The fraction of sp³-hybridized carbons (Fsp3) is 0.353. The molecule has 8 nitrogen and oxygen atoms in total. The molecule has 2 aromatic heterocycles. The Kier molecular flexibility index (Phi) is 5.99. The van der Waals surface area contributed by atoms with Gasteiger partial charge in [0.25, 0.3) is 5.56 Å². The minimum atomic E-state index is -0.377. The van der Waals surface area contributed by atoms with Crippen LogP contribution in [0.25, 0.3) is 11.5 Å². The van der Waals surface area contributed by atoms with E-state index < -0.39 is 0 Å². The summed E-state index contributed by atoms with van der Waals surface area (Å²) in [7, 11) is 1.51. The molecule has 0 saturated heterocycles. The smallest absolute Gasteiger partial charge is 0.255 e. The number of rotatable bonds is 6. The summed E-state index contributed by atoms with van der Waals surface area (Å²) in [6, 6.07) is 5.31. The normalized spacial score (nSPS) is 10.4. The number of nitrogens with zero attached hydrogens (tertiary/aromatic N) is 3. The molecule has 2 heterocycles. The van der Waals surface area contributed by atoms with Gasteiger partial charge in [0, 0.05) is 31.0 Å². The van der Waals surface area contributed by atoms with Crippen LogP contribution in [-0.4, -0.2) is 51.8 Å². The van der Waals surface area contributed by atoms with Gasteiger partial charge in [-0.2, -0.15) is 0 Å². The number of carbonyl (C=O) groups excluding carboxylic acids is 2. The lowest BCUT2D eigenvalue weighted by molar-refractivity contribution is -0.135. The fourth-order valence-electron chi connectivity index (χ4n) is 2.33. The summed E-state index contributed by atoms with van der Waals surface area (Å²) in [6.07, 6.45) is 1.50. The summed E-state index contributed by atoms with van der Waals surface area (Å²) in [5.41, 5.74) is 0.932. The Bertz CT molecular complexity index is 817. The SMILES string of the molecule is CCN(CC(=O)NC)C(=O)Cc1c(C)nc(-c2ccccn2)[nH]c1=O. The number of likely N-dealkylation sites (N-methyl/N-ethyl adjacent to an activating group) is 2. The maximum Gasteiger partial charge on any atom is 0.255 e. The summed E-state index contributed by atoms with van der Waals surface area (Å²) in [6.45, 7) is 3.80. The summed E-state index contributed by atoms with van der Waals surface area (Å²) in [4.78, 5) is 48.8. The second-order valence-corrected chi connectivity index (χ2v) is 5.45. The van der Waals surface area contributed by atoms with Crippen LogP contribution in [0, 0.1) is 6.92 Å². The van der Waals surface area contributed by atoms with Crippen LogP contribution in [0.15, 0.2) is 29.2 Å². The molecule has 0 aliphatic heterocycles. The number of hydrogen-bond donors (Lipinski definition) is 2. The minimum absolute atomic E-state index is 0.0395. The average Bonchev–Trinajstić information content (AvgIpc) is 2.62. The van der Waals surface area contributed by atoms with Crippen molar-refractivity contribution in [2.75, 3.05) is 20.1 Å². The first-order valence-corrected chi connectivity index (χ1v) is 7.95. The molecular formula is C17H21N5O3. The molecule has 25 heavy (non-hydrogen) atoms. The molecule has 8 heteroatoms. The van der Waals surface area contributed by atoms with Crippen molar-refractivity contribution in [3.63, 3.8) is 0 Å². The molecule has 132 valence electrons. The molecule has 0 bridgehead atoms. The molecule has 2 N–H and O–H groups in total. The number of aromatic amines is 1. The van der Waals surface area contributed by atoms with E-state index in [0.29, 0.717) is 29.3 Å². The van der Waals surface area contributed by atoms with E-state index in [0.717, 1.165) is 0 Å². The molecule has 2 amide bonds. The highest BCUT2D eigenvalue weighted by molar-refractivity contribution is 5.85. The van der Waals surface area contributed by atoms with Gasteiger partial charge in [-0.25, -0.2) is 4.98 Å². The van der Waals surface area contributed by atoms with Gasteiger partial charge >= 0.3 is 0 Å². The van der Waals surface area contributed by atoms with Crippen molar-refractivity contribution in [3.05, 3.63) is 46.0 Å². The quantitative estimate of drug-likeness (QED) is 0.783. The maximum absolute atomic E-state index is 12.4. The van der Waals surface area contributed by atoms with Crippen molar-refractivity contribution >= 4 is 11.8 Å². The van der Waals surface area contributed by atoms with Crippen LogP contribution in [0.4, 0.5) is 0 Å². The second kappa shape index (κ2) is 8.18. The van der Waals surface area contributed by atoms with E-state index in [1.54, 1.807) is 38.2 Å². The summed E-state index contributed by atoms with van der Waals surface area (Å²) in [5.74, 6) is -0.200. The summed E-state index contributed by atoms with van der Waals surface area (Å²) < 4.78 is 0. The van der Waals surface area contributed by atoms with E-state index in [1.807, 2.05) is 0 Å². The van der Waals surface area contributed by atoms with Gasteiger partial charge in [0.2, 0.25) is 11.8 Å². The van der Waals surface area contributed by atoms with Crippen LogP contribution in [0.1, 0.15) is 18.2 Å². The Balaban J connectivity index is 2.24. The van der Waals surface area contributed by atoms with Crippen molar-refractivity contribution in [3.8, 4) is 11.5 Å². The van der Waals surface area contributed by atoms with Crippen molar-refractivity contribution in [1.82, 2.24) is 25.2 Å². The van der Waals surface area contributed by atoms with Crippen LogP contribution in [-0.2, 0) is 16.0 Å². The zero-order valence-electron chi connectivity index (χ0n) is 14.5. The Morgan fingerprint density at radius 3 is 2.64 bits per heavy atom. The molecule has 0 saturated carbocycles. The van der Waals surface area contributed by atoms with Gasteiger partial charge < -0.3 is 15.2 Å². The van der Waals surface area contributed by atoms with Gasteiger partial charge in [0.1, 0.15) is 5.69 Å². The molecule has 0 aliphatic carbocycles. The number of amides is 2. The van der Waals surface area contributed by atoms with Gasteiger partial charge in [0.05, 0.1) is 13.0 Å². The molecule has 0 radical (unpaired) electrons. The predicted octanol–water partition coefficient (Wildman–Crippen LogP) is 0.277. The van der Waals surface area contributed by atoms with Gasteiger partial charge in [-0.15, -0.1) is 0 Å². The van der Waals surface area contributed by atoms with E-state index in [4.69, 9.17) is 0 Å². The number of aromatic nitrogens is 3. The van der Waals surface area contributed by atoms with Crippen LogP contribution in [0.2, 0.25) is 0 Å². The lowest BCUT2D eigenvalue weighted by Crippen LogP contribution is -2.41. The van der Waals surface area contributed by atoms with E-state index in [9.17, 15) is 14.4 Å². The van der Waals surface area contributed by atoms with Crippen molar-refractivity contribution in [2.45, 2.75) is 20.3 Å². The number of hydrogen-bond acceptors (Lipinski definition) is 5. The van der Waals surface area contributed by atoms with Crippen LogP contribution < -0.4 is 10.9 Å². The minimum Gasteiger partial charge on any atom is -0.358 e. The van der Waals surface area contributed by atoms with E-state index >= 15 is 0 Å². The first-order valence-electron chi connectivity index (χ1n) is 7.95. The molecule has 0 unspecified atom stereocenters. The van der Waals surface area contributed by atoms with E-state index in [1.165, 1.54) is 11.9 Å². The monoisotopic (exact) mass is 343 g/mol. The maximum atomic E-state index is 12.4. The zero-order chi connectivity index (χ0) is 18.4. The van der Waals surface area contributed by atoms with Crippen LogP contribution in [0.5, 0.6) is 0 Å². The molecule has 0 aromatic carbocycles. The Labute approximate surface area is 145 Å². The molecule has 2 rings (SSSR count). The Hall–Kier alpha value is -3.03. The standard InChI is InChI=1S/C17H21N5O3/c1-4-22(10-14(23)18-3)15(24)9-12-11(2)20-16(21-17(12)25)13-7-5-6-8-19-13/h5-8H,4,9-10H2,1-3H3,(H,18,23)(H,20,21,25). The van der Waals surface area contributed by atoms with Gasteiger partial charge in [0.15, 0.2) is 5.82 Å². The first-order chi connectivity index (χ1) is 12.0. The molecule has 2 aromatic rings. The Morgan fingerprint density at radius 2 is 2.08 bits per heavy atom. The molecule has 0 spiro atoms. The van der Waals surface area contributed by atoms with Gasteiger partial charge in [-0.3, -0.25) is 19.4 Å². The van der Waals surface area contributed by atoms with Crippen LogP contribution >= 0.6 is 0 Å². The highest BCUT2D eigenvalue weighted by atomic mass is 16.2. The van der Waals surface area contributed by atoms with Crippen molar-refractivity contribution in [1.29, 1.82) is 0 Å². The highest BCUT2D eigenvalue weighted by Crippen LogP contribution is 2.11. The van der Waals surface area contributed by atoms with E-state index in [2.05, 4.69) is 20.3 Å². The number of carbonyl (C=O) groups is 2. The topological polar surface area (TPSA) is 108 Å². The van der Waals surface area contributed by atoms with Gasteiger partial charge in [-0.1, -0.05) is 6.07 Å². The third-order valence-corrected chi connectivity index (χ3v) is 3.81. The molecular weight excluding hydrogens is 322 g/mol. The van der Waals surface area contributed by atoms with Crippen molar-refractivity contribution in [2.24, 2.45) is 0 Å². The van der Waals surface area contributed by atoms with E-state index in [-0.39, 0.29) is 30.3 Å².